The van der Waals surface area contributed by atoms with Crippen LogP contribution in [0.4, 0.5) is 0 Å². The fourth-order valence-corrected chi connectivity index (χ4v) is 5.19. The van der Waals surface area contributed by atoms with Crippen LogP contribution in [0.1, 0.15) is 72.1 Å². The Kier molecular flexibility index (Phi) is 20.8. The molecule has 0 spiro atoms. The molecule has 0 fully saturated rings. The molecule has 0 amide bonds. The van der Waals surface area contributed by atoms with Gasteiger partial charge < -0.3 is 45.6 Å². The summed E-state index contributed by atoms with van der Waals surface area (Å²) in [6, 6.07) is 0. The monoisotopic (exact) mass is 636 g/mol. The van der Waals surface area contributed by atoms with Gasteiger partial charge in [-0.05, 0) is 50.9 Å². The van der Waals surface area contributed by atoms with Crippen molar-refractivity contribution in [3.63, 3.8) is 0 Å². The Morgan fingerprint density at radius 1 is 0.578 bits per heavy atom. The molecule has 0 unspecified atom stereocenters. The Hall–Kier alpha value is -2.41. The standard InChI is InChI=1S/C35H56O10/c1-24(2)35-25(3)15-16-27(37)18-29(39)20-31(41)22-33(43)23-32(42)21-30(40)19-28(38)17-26(36)13-11-9-7-5-4-6-8-10-12-14-34(44)45-35/h4-12,14-16,24-33,35-43H,13,17-23H2,1-3H3/b6-4+,7-5+,10-8+,11-9+,14-12+,16-15?/t25-,26+,27-,28-,29-,30+,31+,32+,33+,35-/m0/s1. The lowest BCUT2D eigenvalue weighted by atomic mass is 9.93. The van der Waals surface area contributed by atoms with E-state index in [2.05, 4.69) is 0 Å². The van der Waals surface area contributed by atoms with Crippen molar-refractivity contribution >= 4 is 5.97 Å². The fourth-order valence-electron chi connectivity index (χ4n) is 5.19. The molecule has 0 saturated heterocycles. The Bertz CT molecular complexity index is 985. The highest BCUT2D eigenvalue weighted by Crippen LogP contribution is 2.20. The summed E-state index contributed by atoms with van der Waals surface area (Å²) < 4.78 is 5.64. The van der Waals surface area contributed by atoms with Gasteiger partial charge in [0.2, 0.25) is 0 Å². The maximum atomic E-state index is 12.4. The SMILES string of the molecule is CC(C)[C@@H]1OC(=O)/C=C/C=C/C=C/C=C/C=C/C[C@@H](O)C[C@H](O)C[C@@H](O)C[C@@H](O)C[C@H](O)C[C@H](O)C[C@@H](O)C[C@@H](O)C=C[C@@H]1C. The number of carbonyl (C=O) groups excluding carboxylic acids is 1. The minimum Gasteiger partial charge on any atom is -0.458 e. The first-order valence-electron chi connectivity index (χ1n) is 15.9. The molecule has 10 nitrogen and oxygen atoms in total. The third kappa shape index (κ3) is 20.4. The Balaban J connectivity index is 2.93. The van der Waals surface area contributed by atoms with Gasteiger partial charge in [-0.25, -0.2) is 4.79 Å². The number of hydrogen-bond acceptors (Lipinski definition) is 10. The molecular weight excluding hydrogens is 580 g/mol. The van der Waals surface area contributed by atoms with E-state index in [1.807, 2.05) is 20.8 Å². The van der Waals surface area contributed by atoms with Crippen molar-refractivity contribution in [1.29, 1.82) is 0 Å². The van der Waals surface area contributed by atoms with Crippen LogP contribution >= 0.6 is 0 Å². The van der Waals surface area contributed by atoms with Crippen molar-refractivity contribution in [2.24, 2.45) is 11.8 Å². The summed E-state index contributed by atoms with van der Waals surface area (Å²) in [5.74, 6) is -0.714. The van der Waals surface area contributed by atoms with Gasteiger partial charge in [0.25, 0.3) is 0 Å². The summed E-state index contributed by atoms with van der Waals surface area (Å²) in [6.45, 7) is 5.72. The van der Waals surface area contributed by atoms with Crippen LogP contribution in [0.5, 0.6) is 0 Å². The maximum absolute atomic E-state index is 12.4. The van der Waals surface area contributed by atoms with E-state index in [9.17, 15) is 45.6 Å². The first-order chi connectivity index (χ1) is 21.3. The van der Waals surface area contributed by atoms with Crippen LogP contribution in [0.25, 0.3) is 0 Å². The van der Waals surface area contributed by atoms with E-state index in [-0.39, 0.29) is 56.8 Å². The number of allylic oxidation sites excluding steroid dienone is 8. The minimum absolute atomic E-state index is 0.00472. The van der Waals surface area contributed by atoms with E-state index >= 15 is 0 Å². The molecule has 45 heavy (non-hydrogen) atoms. The van der Waals surface area contributed by atoms with Gasteiger partial charge in [-0.3, -0.25) is 0 Å². The molecule has 0 aliphatic carbocycles. The molecule has 1 aliphatic heterocycles. The summed E-state index contributed by atoms with van der Waals surface area (Å²) in [5, 5.41) is 82.4. The van der Waals surface area contributed by atoms with Crippen LogP contribution in [0.2, 0.25) is 0 Å². The quantitative estimate of drug-likeness (QED) is 0.157. The van der Waals surface area contributed by atoms with Gasteiger partial charge in [-0.1, -0.05) is 87.6 Å². The van der Waals surface area contributed by atoms with E-state index in [4.69, 9.17) is 4.74 Å². The molecule has 1 aliphatic rings. The Morgan fingerprint density at radius 2 is 0.978 bits per heavy atom. The van der Waals surface area contributed by atoms with Crippen molar-refractivity contribution in [2.75, 3.05) is 0 Å². The van der Waals surface area contributed by atoms with Gasteiger partial charge in [0, 0.05) is 18.4 Å². The number of rotatable bonds is 1. The van der Waals surface area contributed by atoms with Crippen molar-refractivity contribution in [1.82, 2.24) is 0 Å². The number of carbonyl (C=O) groups is 1. The second-order valence-corrected chi connectivity index (χ2v) is 12.4. The van der Waals surface area contributed by atoms with Crippen molar-refractivity contribution in [2.45, 2.75) is 127 Å². The molecule has 1 heterocycles. The number of hydrogen-bond donors (Lipinski definition) is 8. The van der Waals surface area contributed by atoms with Crippen LogP contribution in [-0.4, -0.2) is 102 Å². The van der Waals surface area contributed by atoms with Gasteiger partial charge in [-0.15, -0.1) is 0 Å². The van der Waals surface area contributed by atoms with Gasteiger partial charge in [0.1, 0.15) is 6.10 Å². The maximum Gasteiger partial charge on any atom is 0.331 e. The van der Waals surface area contributed by atoms with Gasteiger partial charge in [-0.2, -0.15) is 0 Å². The van der Waals surface area contributed by atoms with Gasteiger partial charge >= 0.3 is 5.97 Å². The number of cyclic esters (lactones) is 1. The highest BCUT2D eigenvalue weighted by atomic mass is 16.5. The van der Waals surface area contributed by atoms with E-state index in [1.54, 1.807) is 60.8 Å². The number of aliphatic hydroxyl groups excluding tert-OH is 8. The zero-order chi connectivity index (χ0) is 33.8. The second kappa shape index (κ2) is 23.0. The molecule has 1 rings (SSSR count). The zero-order valence-electron chi connectivity index (χ0n) is 26.8. The van der Waals surface area contributed by atoms with Crippen LogP contribution in [0.3, 0.4) is 0 Å². The molecule has 0 aromatic carbocycles. The summed E-state index contributed by atoms with van der Waals surface area (Å²) in [7, 11) is 0. The van der Waals surface area contributed by atoms with E-state index in [0.29, 0.717) is 6.42 Å². The second-order valence-electron chi connectivity index (χ2n) is 12.4. The average molecular weight is 637 g/mol. The molecule has 0 bridgehead atoms. The molecule has 0 saturated carbocycles. The number of aliphatic hydroxyl groups is 8. The lowest BCUT2D eigenvalue weighted by Crippen LogP contribution is -2.30. The minimum atomic E-state index is -1.10. The number of esters is 1. The highest BCUT2D eigenvalue weighted by Gasteiger charge is 2.25. The summed E-state index contributed by atoms with van der Waals surface area (Å²) in [5.41, 5.74) is 0. The summed E-state index contributed by atoms with van der Waals surface area (Å²) in [6.07, 6.45) is 11.4. The highest BCUT2D eigenvalue weighted by molar-refractivity contribution is 5.82. The van der Waals surface area contributed by atoms with Crippen LogP contribution < -0.4 is 0 Å². The van der Waals surface area contributed by atoms with Gasteiger partial charge in [0.15, 0.2) is 0 Å². The summed E-state index contributed by atoms with van der Waals surface area (Å²) >= 11 is 0. The van der Waals surface area contributed by atoms with Crippen LogP contribution in [0, 0.1) is 11.8 Å². The van der Waals surface area contributed by atoms with Crippen molar-refractivity contribution in [3.05, 3.63) is 72.9 Å². The topological polar surface area (TPSA) is 188 Å². The Morgan fingerprint density at radius 3 is 1.44 bits per heavy atom. The third-order valence-electron chi connectivity index (χ3n) is 7.40. The predicted octanol–water partition coefficient (Wildman–Crippen LogP) is 2.55. The lowest BCUT2D eigenvalue weighted by molar-refractivity contribution is -0.147. The largest absolute Gasteiger partial charge is 0.458 e. The van der Waals surface area contributed by atoms with Gasteiger partial charge in [0.05, 0.1) is 48.8 Å². The van der Waals surface area contributed by atoms with Crippen molar-refractivity contribution < 1.29 is 50.4 Å². The normalized spacial score (nSPS) is 38.6. The molecule has 10 atom stereocenters. The van der Waals surface area contributed by atoms with E-state index in [0.717, 1.165) is 0 Å². The molecule has 0 radical (unpaired) electrons. The third-order valence-corrected chi connectivity index (χ3v) is 7.40. The molecule has 10 heteroatoms. The zero-order valence-corrected chi connectivity index (χ0v) is 26.8. The van der Waals surface area contributed by atoms with Crippen LogP contribution in [0.15, 0.2) is 72.9 Å². The predicted molar refractivity (Wildman–Crippen MR) is 174 cm³/mol. The lowest BCUT2D eigenvalue weighted by Gasteiger charge is -2.25. The molecule has 8 N–H and O–H groups in total. The Labute approximate surface area is 268 Å². The molecular formula is C35H56O10. The fraction of sp³-hybridized carbons (Fsp3) is 0.629. The van der Waals surface area contributed by atoms with E-state index < -0.39 is 60.9 Å². The molecule has 256 valence electrons. The smallest absolute Gasteiger partial charge is 0.331 e. The molecule has 0 aromatic heterocycles. The first-order valence-corrected chi connectivity index (χ1v) is 15.9. The summed E-state index contributed by atoms with van der Waals surface area (Å²) in [4.78, 5) is 12.4. The van der Waals surface area contributed by atoms with E-state index in [1.165, 1.54) is 12.2 Å². The molecule has 0 aromatic rings. The van der Waals surface area contributed by atoms with Crippen molar-refractivity contribution in [3.8, 4) is 0 Å². The first kappa shape index (κ1) is 40.6. The number of ether oxygens (including phenoxy) is 1. The van der Waals surface area contributed by atoms with Crippen LogP contribution in [-0.2, 0) is 9.53 Å². The average Bonchev–Trinajstić information content (AvgIpc) is 2.91.